The van der Waals surface area contributed by atoms with Crippen LogP contribution in [0.5, 0.6) is 0 Å². The summed E-state index contributed by atoms with van der Waals surface area (Å²) in [5, 5.41) is 0. The minimum atomic E-state index is -0.163. The Kier molecular flexibility index (Phi) is 3.40. The second kappa shape index (κ2) is 5.27. The van der Waals surface area contributed by atoms with Crippen molar-refractivity contribution in [1.82, 2.24) is 14.7 Å². The highest BCUT2D eigenvalue weighted by Gasteiger charge is 2.46. The number of piperidine rings is 1. The molecule has 0 aliphatic carbocycles. The van der Waals surface area contributed by atoms with E-state index in [1.807, 2.05) is 4.90 Å². The molecule has 3 atom stereocenters. The van der Waals surface area contributed by atoms with Crippen LogP contribution >= 0.6 is 0 Å². The predicted molar refractivity (Wildman–Crippen MR) is 78.7 cm³/mol. The van der Waals surface area contributed by atoms with Crippen LogP contribution < -0.4 is 0 Å². The third kappa shape index (κ3) is 2.17. The molecule has 116 valence electrons. The lowest BCUT2D eigenvalue weighted by atomic mass is 9.99. The Balaban J connectivity index is 1.57. The number of rotatable bonds is 1. The maximum atomic E-state index is 13.0. The van der Waals surface area contributed by atoms with E-state index in [4.69, 9.17) is 0 Å². The van der Waals surface area contributed by atoms with E-state index in [1.54, 1.807) is 0 Å². The van der Waals surface area contributed by atoms with Crippen molar-refractivity contribution < 1.29 is 9.59 Å². The molecule has 0 N–H and O–H groups in total. The Labute approximate surface area is 126 Å². The molecule has 0 aromatic heterocycles. The molecule has 0 spiro atoms. The summed E-state index contributed by atoms with van der Waals surface area (Å²) < 4.78 is 0. The van der Waals surface area contributed by atoms with Gasteiger partial charge in [-0.15, -0.1) is 0 Å². The highest BCUT2D eigenvalue weighted by Crippen LogP contribution is 2.33. The van der Waals surface area contributed by atoms with Gasteiger partial charge in [-0.05, 0) is 45.1 Å². The van der Waals surface area contributed by atoms with Crippen molar-refractivity contribution in [2.75, 3.05) is 26.2 Å². The van der Waals surface area contributed by atoms with Gasteiger partial charge in [0.15, 0.2) is 0 Å². The second-order valence-corrected chi connectivity index (χ2v) is 6.98. The van der Waals surface area contributed by atoms with Gasteiger partial charge < -0.3 is 9.80 Å². The van der Waals surface area contributed by atoms with Gasteiger partial charge in [-0.2, -0.15) is 0 Å². The van der Waals surface area contributed by atoms with Gasteiger partial charge in [0, 0.05) is 38.1 Å². The average molecular weight is 291 g/mol. The molecule has 4 rings (SSSR count). The number of carbonyl (C=O) groups excluding carboxylic acids is 2. The Morgan fingerprint density at radius 1 is 0.762 bits per heavy atom. The molecule has 4 aliphatic rings. The van der Waals surface area contributed by atoms with Crippen molar-refractivity contribution in [3.8, 4) is 0 Å². The largest absolute Gasteiger partial charge is 0.336 e. The lowest BCUT2D eigenvalue weighted by molar-refractivity contribution is -0.144. The summed E-state index contributed by atoms with van der Waals surface area (Å²) in [7, 11) is 0. The van der Waals surface area contributed by atoms with Gasteiger partial charge in [-0.25, -0.2) is 0 Å². The molecule has 2 amide bonds. The van der Waals surface area contributed by atoms with Crippen LogP contribution in [-0.4, -0.2) is 70.8 Å². The van der Waals surface area contributed by atoms with E-state index in [9.17, 15) is 9.59 Å². The van der Waals surface area contributed by atoms with Crippen LogP contribution in [0.3, 0.4) is 0 Å². The Morgan fingerprint density at radius 3 is 2.57 bits per heavy atom. The number of amides is 2. The fraction of sp³-hybridized carbons (Fsp3) is 0.875. The molecule has 5 heteroatoms. The first-order chi connectivity index (χ1) is 10.3. The molecule has 4 fully saturated rings. The molecular formula is C16H25N3O2. The summed E-state index contributed by atoms with van der Waals surface area (Å²) in [6.45, 7) is 3.74. The lowest BCUT2D eigenvalue weighted by Crippen LogP contribution is -2.53. The van der Waals surface area contributed by atoms with Gasteiger partial charge >= 0.3 is 0 Å². The van der Waals surface area contributed by atoms with E-state index in [0.29, 0.717) is 25.0 Å². The van der Waals surface area contributed by atoms with Crippen LogP contribution in [0.25, 0.3) is 0 Å². The van der Waals surface area contributed by atoms with E-state index >= 15 is 0 Å². The van der Waals surface area contributed by atoms with E-state index in [0.717, 1.165) is 38.8 Å². The summed E-state index contributed by atoms with van der Waals surface area (Å²) in [5.41, 5.74) is 0. The van der Waals surface area contributed by atoms with E-state index < -0.39 is 0 Å². The molecule has 4 aliphatic heterocycles. The maximum absolute atomic E-state index is 13.0. The van der Waals surface area contributed by atoms with Gasteiger partial charge in [0.05, 0.1) is 0 Å². The fourth-order valence-electron chi connectivity index (χ4n) is 4.90. The first-order valence-corrected chi connectivity index (χ1v) is 8.60. The fourth-order valence-corrected chi connectivity index (χ4v) is 4.90. The molecule has 3 unspecified atom stereocenters. The lowest BCUT2D eigenvalue weighted by Gasteiger charge is -2.37. The highest BCUT2D eigenvalue weighted by molar-refractivity contribution is 5.90. The molecule has 0 saturated carbocycles. The molecule has 0 radical (unpaired) electrons. The third-order valence-corrected chi connectivity index (χ3v) is 5.93. The Hall–Kier alpha value is -1.10. The van der Waals surface area contributed by atoms with Crippen molar-refractivity contribution in [2.24, 2.45) is 0 Å². The Morgan fingerprint density at radius 2 is 1.67 bits per heavy atom. The second-order valence-electron chi connectivity index (χ2n) is 6.98. The molecule has 21 heavy (non-hydrogen) atoms. The number of carbonyl (C=O) groups is 2. The minimum absolute atomic E-state index is 0.163. The third-order valence-electron chi connectivity index (χ3n) is 5.93. The van der Waals surface area contributed by atoms with E-state index in [2.05, 4.69) is 9.80 Å². The van der Waals surface area contributed by atoms with Crippen LogP contribution in [0.2, 0.25) is 0 Å². The predicted octanol–water partition coefficient (Wildman–Crippen LogP) is 0.837. The van der Waals surface area contributed by atoms with Crippen LogP contribution in [0.15, 0.2) is 0 Å². The summed E-state index contributed by atoms with van der Waals surface area (Å²) in [6.07, 6.45) is 7.09. The molecule has 0 aromatic rings. The number of fused-ring (bicyclic) bond motifs is 2. The van der Waals surface area contributed by atoms with Gasteiger partial charge in [0.25, 0.3) is 0 Å². The maximum Gasteiger partial charge on any atom is 0.245 e. The van der Waals surface area contributed by atoms with Gasteiger partial charge in [-0.3, -0.25) is 14.5 Å². The highest BCUT2D eigenvalue weighted by atomic mass is 16.2. The summed E-state index contributed by atoms with van der Waals surface area (Å²) in [5.74, 6) is 0.427. The van der Waals surface area contributed by atoms with Crippen LogP contribution in [0.4, 0.5) is 0 Å². The normalized spacial score (nSPS) is 37.6. The Bertz CT molecular complexity index is 453. The van der Waals surface area contributed by atoms with Gasteiger partial charge in [-0.1, -0.05) is 0 Å². The zero-order valence-corrected chi connectivity index (χ0v) is 12.7. The van der Waals surface area contributed by atoms with Gasteiger partial charge in [0.2, 0.25) is 11.8 Å². The van der Waals surface area contributed by atoms with Crippen molar-refractivity contribution >= 4 is 11.8 Å². The molecule has 0 bridgehead atoms. The van der Waals surface area contributed by atoms with Gasteiger partial charge in [0.1, 0.15) is 6.04 Å². The average Bonchev–Trinajstić information content (AvgIpc) is 3.08. The summed E-state index contributed by atoms with van der Waals surface area (Å²) in [4.78, 5) is 31.8. The smallest absolute Gasteiger partial charge is 0.245 e. The van der Waals surface area contributed by atoms with Crippen molar-refractivity contribution in [3.05, 3.63) is 0 Å². The van der Waals surface area contributed by atoms with Crippen LogP contribution in [0, 0.1) is 0 Å². The van der Waals surface area contributed by atoms with Crippen molar-refractivity contribution in [1.29, 1.82) is 0 Å². The molecule has 0 aromatic carbocycles. The minimum Gasteiger partial charge on any atom is -0.336 e. The molecule has 5 nitrogen and oxygen atoms in total. The number of nitrogens with zero attached hydrogens (tertiary/aromatic N) is 3. The molecule has 4 heterocycles. The zero-order valence-electron chi connectivity index (χ0n) is 12.7. The standard InChI is InChI=1S/C16H25N3O2/c20-15-7-11-19(13-6-10-17-8-3-5-12(13)17)16(21)14-4-1-2-9-18(14)15/h12-14H,1-11H2. The molecular weight excluding hydrogens is 266 g/mol. The first kappa shape index (κ1) is 13.6. The first-order valence-electron chi connectivity index (χ1n) is 8.60. The molecule has 4 saturated heterocycles. The van der Waals surface area contributed by atoms with Crippen molar-refractivity contribution in [3.63, 3.8) is 0 Å². The zero-order chi connectivity index (χ0) is 14.4. The number of hydrogen-bond donors (Lipinski definition) is 0. The van der Waals surface area contributed by atoms with E-state index in [1.165, 1.54) is 19.4 Å². The number of hydrogen-bond acceptors (Lipinski definition) is 3. The SMILES string of the molecule is O=C1CCN(C2CCN3CCCC23)C(=O)C2CCCCN12. The van der Waals surface area contributed by atoms with E-state index in [-0.39, 0.29) is 17.9 Å². The topological polar surface area (TPSA) is 43.9 Å². The quantitative estimate of drug-likeness (QED) is 0.719. The monoisotopic (exact) mass is 291 g/mol. The van der Waals surface area contributed by atoms with Crippen LogP contribution in [-0.2, 0) is 9.59 Å². The van der Waals surface area contributed by atoms with Crippen molar-refractivity contribution in [2.45, 2.75) is 63.1 Å². The van der Waals surface area contributed by atoms with Crippen LogP contribution in [0.1, 0.15) is 44.9 Å². The summed E-state index contributed by atoms with van der Waals surface area (Å²) >= 11 is 0. The summed E-state index contributed by atoms with van der Waals surface area (Å²) in [6, 6.07) is 0.748.